The van der Waals surface area contributed by atoms with Gasteiger partial charge in [-0.3, -0.25) is 0 Å². The average molecular weight is 354 g/mol. The van der Waals surface area contributed by atoms with Crippen LogP contribution >= 0.6 is 28.1 Å². The second kappa shape index (κ2) is 4.30. The van der Waals surface area contributed by atoms with E-state index in [4.69, 9.17) is 0 Å². The van der Waals surface area contributed by atoms with Crippen molar-refractivity contribution < 1.29 is 9.04 Å². The van der Waals surface area contributed by atoms with Gasteiger partial charge in [0.25, 0.3) is 0 Å². The fourth-order valence-corrected chi connectivity index (χ4v) is 9.96. The van der Waals surface area contributed by atoms with Crippen LogP contribution in [0.2, 0.25) is 0 Å². The van der Waals surface area contributed by atoms with Gasteiger partial charge in [0, 0.05) is 0 Å². The fourth-order valence-electron chi connectivity index (χ4n) is 0.679. The van der Waals surface area contributed by atoms with Gasteiger partial charge in [-0.2, -0.15) is 0 Å². The molecule has 0 aliphatic rings. The number of hydrogen-bond acceptors (Lipinski definition) is 2. The van der Waals surface area contributed by atoms with E-state index in [-0.39, 0.29) is 11.1 Å². The van der Waals surface area contributed by atoms with E-state index in [1.54, 1.807) is 0 Å². The molecule has 0 saturated heterocycles. The molecule has 0 unspecified atom stereocenters. The molecule has 0 aliphatic heterocycles. The summed E-state index contributed by atoms with van der Waals surface area (Å²) in [4.78, 5) is 0. The molecular weight excluding hydrogens is 336 g/mol. The summed E-state index contributed by atoms with van der Waals surface area (Å²) < 4.78 is 9.30. The molecule has 0 rings (SSSR count). The van der Waals surface area contributed by atoms with Gasteiger partial charge < -0.3 is 0 Å². The van der Waals surface area contributed by atoms with Crippen molar-refractivity contribution in [3.8, 4) is 0 Å². The van der Waals surface area contributed by atoms with Crippen LogP contribution < -0.4 is 0 Å². The van der Waals surface area contributed by atoms with Crippen LogP contribution in [0.15, 0.2) is 7.86 Å². The molecule has 0 saturated carbocycles. The van der Waals surface area contributed by atoms with Crippen molar-refractivity contribution >= 4 is 28.1 Å². The molecule has 0 aromatic heterocycles. The van der Waals surface area contributed by atoms with Crippen LogP contribution in [-0.4, -0.2) is 11.1 Å². The molecule has 5 heteroatoms. The molecule has 13 heavy (non-hydrogen) atoms. The molecule has 0 fully saturated rings. The predicted octanol–water partition coefficient (Wildman–Crippen LogP) is 4.72. The van der Waals surface area contributed by atoms with Gasteiger partial charge in [-0.25, -0.2) is 0 Å². The Morgan fingerprint density at radius 2 is 1.00 bits per heavy atom. The standard InChI is InChI=1S/2C4H9N.2BrH.Cr/c2*1-4(2,3)5;;;/h2*1-3H3;2*1H;/q;;;;+2/p-2. The number of nitrogens with zero attached hydrogens (tertiary/aromatic N) is 2. The zero-order valence-electron chi connectivity index (χ0n) is 9.06. The van der Waals surface area contributed by atoms with Crippen LogP contribution in [0.25, 0.3) is 0 Å². The molecular formula is C8H18Br2CrN2. The van der Waals surface area contributed by atoms with E-state index in [9.17, 15) is 0 Å². The third-order valence-corrected chi connectivity index (χ3v) is 5.55. The quantitative estimate of drug-likeness (QED) is 0.601. The maximum atomic E-state index is 4.65. The minimum absolute atomic E-state index is 0.0399. The molecule has 2 nitrogen and oxygen atoms in total. The van der Waals surface area contributed by atoms with E-state index in [0.29, 0.717) is 0 Å². The first-order valence-corrected chi connectivity index (χ1v) is 11.6. The van der Waals surface area contributed by atoms with Gasteiger partial charge in [-0.1, -0.05) is 0 Å². The van der Waals surface area contributed by atoms with Crippen LogP contribution in [-0.2, 0) is 9.04 Å². The van der Waals surface area contributed by atoms with E-state index in [1.807, 2.05) is 0 Å². The summed E-state index contributed by atoms with van der Waals surface area (Å²) >= 11 is 7.19. The van der Waals surface area contributed by atoms with Gasteiger partial charge in [0.2, 0.25) is 0 Å². The van der Waals surface area contributed by atoms with Crippen molar-refractivity contribution in [3.63, 3.8) is 0 Å². The van der Waals surface area contributed by atoms with Crippen LogP contribution in [0.3, 0.4) is 0 Å². The first kappa shape index (κ1) is 14.1. The maximum absolute atomic E-state index is 4.65. The second-order valence-corrected chi connectivity index (χ2v) is 17.8. The summed E-state index contributed by atoms with van der Waals surface area (Å²) in [6.45, 7) is 12.5. The van der Waals surface area contributed by atoms with Crippen molar-refractivity contribution in [2.75, 3.05) is 0 Å². The summed E-state index contributed by atoms with van der Waals surface area (Å²) in [5, 5.41) is 0. The van der Waals surface area contributed by atoms with Gasteiger partial charge in [-0.05, 0) is 0 Å². The van der Waals surface area contributed by atoms with Crippen LogP contribution in [0.5, 0.6) is 0 Å². The Bertz CT molecular complexity index is 254. The Morgan fingerprint density at radius 1 is 0.769 bits per heavy atom. The van der Waals surface area contributed by atoms with Gasteiger partial charge in [0.15, 0.2) is 0 Å². The van der Waals surface area contributed by atoms with Crippen LogP contribution in [0.1, 0.15) is 41.5 Å². The molecule has 0 N–H and O–H groups in total. The molecule has 0 bridgehead atoms. The number of halogens is 2. The van der Waals surface area contributed by atoms with Gasteiger partial charge in [0.1, 0.15) is 0 Å². The first-order chi connectivity index (χ1) is 5.41. The predicted molar refractivity (Wildman–Crippen MR) is 62.2 cm³/mol. The molecule has 0 radical (unpaired) electrons. The summed E-state index contributed by atoms with van der Waals surface area (Å²) in [6, 6.07) is 0. The van der Waals surface area contributed by atoms with Crippen molar-refractivity contribution in [2.45, 2.75) is 52.6 Å². The van der Waals surface area contributed by atoms with Crippen molar-refractivity contribution in [2.24, 2.45) is 7.86 Å². The molecule has 0 aromatic rings. The average Bonchev–Trinajstić information content (AvgIpc) is 1.43. The molecule has 0 aromatic carbocycles. The normalized spacial score (nSPS) is 14.2. The SMILES string of the molecule is CC(C)(C)[N]=[Cr]([Br])([Br])=[N]C(C)(C)C. The fraction of sp³-hybridized carbons (Fsp3) is 1.00. The van der Waals surface area contributed by atoms with Gasteiger partial charge in [0.05, 0.1) is 0 Å². The molecule has 0 spiro atoms. The second-order valence-electron chi connectivity index (χ2n) is 4.94. The molecule has 0 amide bonds. The topological polar surface area (TPSA) is 24.7 Å². The van der Waals surface area contributed by atoms with Crippen LogP contribution in [0.4, 0.5) is 0 Å². The Balaban J connectivity index is 5.21. The van der Waals surface area contributed by atoms with E-state index in [2.05, 4.69) is 77.5 Å². The Morgan fingerprint density at radius 3 is 1.15 bits per heavy atom. The van der Waals surface area contributed by atoms with Crippen molar-refractivity contribution in [3.05, 3.63) is 0 Å². The Labute approximate surface area is 97.1 Å². The molecule has 80 valence electrons. The summed E-state index contributed by atoms with van der Waals surface area (Å²) in [5.41, 5.74) is -0.0799. The molecule has 0 aliphatic carbocycles. The Hall–Kier alpha value is 1.09. The molecule has 0 atom stereocenters. The first-order valence-electron chi connectivity index (χ1n) is 4.12. The zero-order chi connectivity index (χ0) is 10.9. The zero-order valence-corrected chi connectivity index (χ0v) is 13.5. The monoisotopic (exact) mass is 352 g/mol. The third kappa shape index (κ3) is 9.40. The molecule has 0 heterocycles. The van der Waals surface area contributed by atoms with E-state index >= 15 is 0 Å². The summed E-state index contributed by atoms with van der Waals surface area (Å²) in [5.74, 6) is 0. The van der Waals surface area contributed by atoms with Crippen molar-refractivity contribution in [1.82, 2.24) is 0 Å². The summed E-state index contributed by atoms with van der Waals surface area (Å²) in [7, 11) is -2.28. The van der Waals surface area contributed by atoms with E-state index in [0.717, 1.165) is 0 Å². The van der Waals surface area contributed by atoms with E-state index < -0.39 is 9.04 Å². The van der Waals surface area contributed by atoms with Crippen molar-refractivity contribution in [1.29, 1.82) is 0 Å². The summed E-state index contributed by atoms with van der Waals surface area (Å²) in [6.07, 6.45) is 0. The van der Waals surface area contributed by atoms with Gasteiger partial charge >= 0.3 is 97.6 Å². The van der Waals surface area contributed by atoms with Gasteiger partial charge in [-0.15, -0.1) is 0 Å². The minimum atomic E-state index is -2.28. The third-order valence-electron chi connectivity index (χ3n) is 0.767. The number of rotatable bonds is 0. The van der Waals surface area contributed by atoms with E-state index in [1.165, 1.54) is 0 Å². The van der Waals surface area contributed by atoms with Crippen LogP contribution in [0, 0.1) is 0 Å². The Kier molecular flexibility index (Phi) is 4.66. The number of hydrogen-bond donors (Lipinski definition) is 0.